The molecule has 1 aromatic heterocycles. The zero-order valence-electron chi connectivity index (χ0n) is 8.97. The molecule has 0 saturated heterocycles. The van der Waals surface area contributed by atoms with E-state index in [1.165, 1.54) is 18.5 Å². The van der Waals surface area contributed by atoms with Crippen molar-refractivity contribution < 1.29 is 9.90 Å². The van der Waals surface area contributed by atoms with Crippen LogP contribution in [0.15, 0.2) is 18.5 Å². The molecule has 1 aromatic rings. The molecule has 1 heterocycles. The summed E-state index contributed by atoms with van der Waals surface area (Å²) >= 11 is 0. The highest BCUT2D eigenvalue weighted by molar-refractivity contribution is 5.96. The van der Waals surface area contributed by atoms with Crippen molar-refractivity contribution in [1.82, 2.24) is 10.3 Å². The highest BCUT2D eigenvalue weighted by Crippen LogP contribution is 2.13. The summed E-state index contributed by atoms with van der Waals surface area (Å²) in [5.41, 5.74) is 0.131. The highest BCUT2D eigenvalue weighted by Gasteiger charge is 2.14. The van der Waals surface area contributed by atoms with Crippen LogP contribution in [0.25, 0.3) is 0 Å². The number of pyridine rings is 1. The van der Waals surface area contributed by atoms with E-state index in [0.29, 0.717) is 6.42 Å². The summed E-state index contributed by atoms with van der Waals surface area (Å²) in [5.74, 6) is -0.645. The van der Waals surface area contributed by atoms with Crippen molar-refractivity contribution in [3.63, 3.8) is 0 Å². The second kappa shape index (κ2) is 5.71. The van der Waals surface area contributed by atoms with Crippen molar-refractivity contribution in [2.24, 2.45) is 0 Å². The number of rotatable bonds is 4. The van der Waals surface area contributed by atoms with Crippen molar-refractivity contribution in [1.29, 1.82) is 5.26 Å². The predicted molar refractivity (Wildman–Crippen MR) is 57.7 cm³/mol. The third-order valence-electron chi connectivity index (χ3n) is 2.08. The molecule has 0 bridgehead atoms. The molecule has 0 saturated carbocycles. The van der Waals surface area contributed by atoms with Gasteiger partial charge in [0.05, 0.1) is 17.8 Å². The molecule has 1 unspecified atom stereocenters. The normalized spacial score (nSPS) is 11.5. The van der Waals surface area contributed by atoms with Gasteiger partial charge in [0.1, 0.15) is 11.8 Å². The monoisotopic (exact) mass is 219 g/mol. The first-order valence-corrected chi connectivity index (χ1v) is 5.02. The molecule has 0 aliphatic rings. The summed E-state index contributed by atoms with van der Waals surface area (Å²) in [6, 6.07) is 2.88. The lowest BCUT2D eigenvalue weighted by molar-refractivity contribution is 0.0941. The first-order chi connectivity index (χ1) is 7.69. The van der Waals surface area contributed by atoms with Crippen molar-refractivity contribution in [2.45, 2.75) is 25.8 Å². The van der Waals surface area contributed by atoms with Gasteiger partial charge < -0.3 is 10.4 Å². The van der Waals surface area contributed by atoms with Crippen LogP contribution in [0.2, 0.25) is 0 Å². The van der Waals surface area contributed by atoms with Crippen molar-refractivity contribution >= 4 is 5.91 Å². The zero-order chi connectivity index (χ0) is 12.0. The van der Waals surface area contributed by atoms with Crippen LogP contribution >= 0.6 is 0 Å². The second-order valence-electron chi connectivity index (χ2n) is 3.34. The van der Waals surface area contributed by atoms with Gasteiger partial charge in [-0.2, -0.15) is 5.26 Å². The maximum absolute atomic E-state index is 11.7. The number of hydrogen-bond donors (Lipinski definition) is 2. The average molecular weight is 219 g/mol. The molecule has 16 heavy (non-hydrogen) atoms. The molecule has 0 aliphatic carbocycles. The van der Waals surface area contributed by atoms with Gasteiger partial charge >= 0.3 is 0 Å². The Morgan fingerprint density at radius 3 is 3.06 bits per heavy atom. The van der Waals surface area contributed by atoms with Gasteiger partial charge in [-0.05, 0) is 12.5 Å². The Morgan fingerprint density at radius 2 is 2.50 bits per heavy atom. The Balaban J connectivity index is 2.73. The Morgan fingerprint density at radius 1 is 1.75 bits per heavy atom. The summed E-state index contributed by atoms with van der Waals surface area (Å²) in [6.45, 7) is 1.93. The van der Waals surface area contributed by atoms with E-state index in [2.05, 4.69) is 10.3 Å². The minimum Gasteiger partial charge on any atom is -0.505 e. The lowest BCUT2D eigenvalue weighted by Gasteiger charge is -2.10. The van der Waals surface area contributed by atoms with Gasteiger partial charge in [0, 0.05) is 6.20 Å². The first-order valence-electron chi connectivity index (χ1n) is 5.02. The SMILES string of the molecule is CCCC(C#N)NC(=O)c1ccncc1O. The Kier molecular flexibility index (Phi) is 4.28. The van der Waals surface area contributed by atoms with Crippen LogP contribution < -0.4 is 5.32 Å². The van der Waals surface area contributed by atoms with Crippen LogP contribution in [0, 0.1) is 11.3 Å². The Hall–Kier alpha value is -2.09. The summed E-state index contributed by atoms with van der Waals surface area (Å²) < 4.78 is 0. The summed E-state index contributed by atoms with van der Waals surface area (Å²) in [5, 5.41) is 20.7. The van der Waals surface area contributed by atoms with Crippen LogP contribution in [0.5, 0.6) is 5.75 Å². The minimum atomic E-state index is -0.523. The third-order valence-corrected chi connectivity index (χ3v) is 2.08. The van der Waals surface area contributed by atoms with Crippen molar-refractivity contribution in [2.75, 3.05) is 0 Å². The van der Waals surface area contributed by atoms with E-state index in [0.717, 1.165) is 6.42 Å². The molecule has 84 valence electrons. The van der Waals surface area contributed by atoms with Crippen LogP contribution in [-0.2, 0) is 0 Å². The van der Waals surface area contributed by atoms with Gasteiger partial charge in [-0.15, -0.1) is 0 Å². The lowest BCUT2D eigenvalue weighted by Crippen LogP contribution is -2.33. The van der Waals surface area contributed by atoms with Crippen molar-refractivity contribution in [3.8, 4) is 11.8 Å². The fourth-order valence-electron chi connectivity index (χ4n) is 1.27. The highest BCUT2D eigenvalue weighted by atomic mass is 16.3. The van der Waals surface area contributed by atoms with E-state index in [4.69, 9.17) is 5.26 Å². The summed E-state index contributed by atoms with van der Waals surface area (Å²) in [6.07, 6.45) is 4.00. The number of amides is 1. The molecule has 0 fully saturated rings. The maximum atomic E-state index is 11.7. The fraction of sp³-hybridized carbons (Fsp3) is 0.364. The predicted octanol–water partition coefficient (Wildman–Crippen LogP) is 1.21. The molecule has 2 N–H and O–H groups in total. The molecule has 1 amide bonds. The second-order valence-corrected chi connectivity index (χ2v) is 3.34. The van der Waals surface area contributed by atoms with Gasteiger partial charge in [0.25, 0.3) is 5.91 Å². The number of nitriles is 1. The summed E-state index contributed by atoms with van der Waals surface area (Å²) in [4.78, 5) is 15.3. The van der Waals surface area contributed by atoms with Crippen LogP contribution in [0.4, 0.5) is 0 Å². The number of aromatic nitrogens is 1. The average Bonchev–Trinajstić information content (AvgIpc) is 2.28. The minimum absolute atomic E-state index is 0.131. The number of aromatic hydroxyl groups is 1. The van der Waals surface area contributed by atoms with Gasteiger partial charge in [-0.1, -0.05) is 13.3 Å². The maximum Gasteiger partial charge on any atom is 0.256 e. The third kappa shape index (κ3) is 2.95. The van der Waals surface area contributed by atoms with E-state index in [1.807, 2.05) is 13.0 Å². The first kappa shape index (κ1) is 12.0. The van der Waals surface area contributed by atoms with Crippen molar-refractivity contribution in [3.05, 3.63) is 24.0 Å². The van der Waals surface area contributed by atoms with E-state index >= 15 is 0 Å². The number of hydrogen-bond acceptors (Lipinski definition) is 4. The molecule has 1 rings (SSSR count). The van der Waals surface area contributed by atoms with E-state index in [9.17, 15) is 9.90 Å². The number of nitrogens with one attached hydrogen (secondary N) is 1. The molecule has 5 nitrogen and oxygen atoms in total. The molecule has 1 atom stereocenters. The van der Waals surface area contributed by atoms with Gasteiger partial charge in [0.15, 0.2) is 0 Å². The molecular formula is C11H13N3O2. The van der Waals surface area contributed by atoms with Gasteiger partial charge in [-0.25, -0.2) is 0 Å². The van der Waals surface area contributed by atoms with Gasteiger partial charge in [0.2, 0.25) is 0 Å². The van der Waals surface area contributed by atoms with Gasteiger partial charge in [-0.3, -0.25) is 9.78 Å². The molecule has 5 heteroatoms. The van der Waals surface area contributed by atoms with Crippen LogP contribution in [-0.4, -0.2) is 22.0 Å². The number of nitrogens with zero attached hydrogens (tertiary/aromatic N) is 2. The van der Waals surface area contributed by atoms with E-state index in [-0.39, 0.29) is 11.3 Å². The molecule has 0 aliphatic heterocycles. The zero-order valence-corrected chi connectivity index (χ0v) is 8.97. The number of carbonyl (C=O) groups excluding carboxylic acids is 1. The standard InChI is InChI=1S/C11H13N3O2/c1-2-3-8(6-12)14-11(16)9-4-5-13-7-10(9)15/h4-5,7-8,15H,2-3H2,1H3,(H,14,16). The molecule has 0 aromatic carbocycles. The largest absolute Gasteiger partial charge is 0.505 e. The van der Waals surface area contributed by atoms with E-state index in [1.54, 1.807) is 0 Å². The fourth-order valence-corrected chi connectivity index (χ4v) is 1.27. The number of carbonyl (C=O) groups is 1. The summed E-state index contributed by atoms with van der Waals surface area (Å²) in [7, 11) is 0. The van der Waals surface area contributed by atoms with Crippen LogP contribution in [0.1, 0.15) is 30.1 Å². The molecular weight excluding hydrogens is 206 g/mol. The topological polar surface area (TPSA) is 86.0 Å². The lowest BCUT2D eigenvalue weighted by atomic mass is 10.1. The Labute approximate surface area is 93.7 Å². The molecule has 0 spiro atoms. The van der Waals surface area contributed by atoms with E-state index < -0.39 is 11.9 Å². The molecule has 0 radical (unpaired) electrons. The Bertz CT molecular complexity index is 412. The quantitative estimate of drug-likeness (QED) is 0.796. The smallest absolute Gasteiger partial charge is 0.256 e. The van der Waals surface area contributed by atoms with Crippen LogP contribution in [0.3, 0.4) is 0 Å².